The van der Waals surface area contributed by atoms with Gasteiger partial charge >= 0.3 is 0 Å². The molecule has 1 unspecified atom stereocenters. The first-order valence-electron chi connectivity index (χ1n) is 10.3. The smallest absolute Gasteiger partial charge is 0.243 e. The van der Waals surface area contributed by atoms with Gasteiger partial charge in [-0.15, -0.1) is 0 Å². The summed E-state index contributed by atoms with van der Waals surface area (Å²) in [6, 6.07) is 7.92. The van der Waals surface area contributed by atoms with Gasteiger partial charge < -0.3 is 5.32 Å². The van der Waals surface area contributed by atoms with Crippen LogP contribution >= 0.6 is 0 Å². The molecule has 1 amide bonds. The van der Waals surface area contributed by atoms with E-state index in [1.165, 1.54) is 23.6 Å². The Bertz CT molecular complexity index is 801. The molecule has 4 aliphatic carbocycles. The molecule has 1 saturated heterocycles. The second-order valence-electron chi connectivity index (χ2n) is 9.27. The summed E-state index contributed by atoms with van der Waals surface area (Å²) in [6.07, 6.45) is 8.59. The molecule has 5 nitrogen and oxygen atoms in total. The summed E-state index contributed by atoms with van der Waals surface area (Å²) >= 11 is 0. The van der Waals surface area contributed by atoms with E-state index < -0.39 is 16.1 Å². The number of nitrogens with zero attached hydrogens (tertiary/aromatic N) is 1. The number of hydrogen-bond donors (Lipinski definition) is 1. The van der Waals surface area contributed by atoms with E-state index in [2.05, 4.69) is 5.32 Å². The van der Waals surface area contributed by atoms with Gasteiger partial charge in [-0.25, -0.2) is 8.42 Å². The maximum Gasteiger partial charge on any atom is 0.243 e. The fraction of sp³-hybridized carbons (Fsp3) is 0.667. The zero-order valence-electron chi connectivity index (χ0n) is 15.6. The second kappa shape index (κ2) is 6.31. The van der Waals surface area contributed by atoms with E-state index in [1.807, 2.05) is 0 Å². The number of rotatable bonds is 4. The van der Waals surface area contributed by atoms with Crippen molar-refractivity contribution in [3.63, 3.8) is 0 Å². The minimum atomic E-state index is -3.63. The maximum atomic E-state index is 13.2. The summed E-state index contributed by atoms with van der Waals surface area (Å²) in [4.78, 5) is 13.5. The molecular formula is C21H28N2O3S. The predicted octanol–water partition coefficient (Wildman–Crippen LogP) is 2.92. The van der Waals surface area contributed by atoms with E-state index in [0.29, 0.717) is 13.0 Å². The average Bonchev–Trinajstić information content (AvgIpc) is 3.12. The molecule has 1 heterocycles. The molecule has 0 aromatic heterocycles. The monoisotopic (exact) mass is 388 g/mol. The highest BCUT2D eigenvalue weighted by molar-refractivity contribution is 7.89. The molecule has 146 valence electrons. The third-order valence-electron chi connectivity index (χ3n) is 7.28. The zero-order valence-corrected chi connectivity index (χ0v) is 16.5. The summed E-state index contributed by atoms with van der Waals surface area (Å²) in [5, 5.41) is 3.37. The standard InChI is InChI=1S/C21H28N2O3S/c24-20(22-21-12-15-9-16(13-21)11-17(10-15)14-21)19-7-4-8-23(19)27(25,26)18-5-2-1-3-6-18/h1-3,5-6,15-17,19H,4,7-14H2,(H,22,24). The van der Waals surface area contributed by atoms with Crippen LogP contribution in [-0.4, -0.2) is 36.8 Å². The normalized spacial score (nSPS) is 38.2. The Balaban J connectivity index is 1.36. The van der Waals surface area contributed by atoms with E-state index >= 15 is 0 Å². The number of sulfonamides is 1. The number of amides is 1. The van der Waals surface area contributed by atoms with Crippen molar-refractivity contribution >= 4 is 15.9 Å². The van der Waals surface area contributed by atoms with Crippen LogP contribution in [0.4, 0.5) is 0 Å². The maximum absolute atomic E-state index is 13.2. The minimum absolute atomic E-state index is 0.0728. The first kappa shape index (κ1) is 17.7. The van der Waals surface area contributed by atoms with Gasteiger partial charge in [0.1, 0.15) is 6.04 Å². The molecule has 6 heteroatoms. The molecule has 6 rings (SSSR count). The van der Waals surface area contributed by atoms with Gasteiger partial charge in [-0.05, 0) is 81.3 Å². The Kier molecular flexibility index (Phi) is 4.13. The highest BCUT2D eigenvalue weighted by Gasteiger charge is 2.52. The van der Waals surface area contributed by atoms with Gasteiger partial charge in [-0.3, -0.25) is 4.79 Å². The van der Waals surface area contributed by atoms with Gasteiger partial charge in [-0.1, -0.05) is 18.2 Å². The molecule has 0 radical (unpaired) electrons. The van der Waals surface area contributed by atoms with Crippen molar-refractivity contribution in [2.45, 2.75) is 67.8 Å². The molecule has 4 saturated carbocycles. The molecule has 1 atom stereocenters. The Labute approximate surface area is 161 Å². The van der Waals surface area contributed by atoms with Gasteiger partial charge in [0.2, 0.25) is 15.9 Å². The lowest BCUT2D eigenvalue weighted by Gasteiger charge is -2.57. The van der Waals surface area contributed by atoms with Crippen LogP contribution in [0.1, 0.15) is 51.4 Å². The van der Waals surface area contributed by atoms with Crippen LogP contribution in [0.2, 0.25) is 0 Å². The van der Waals surface area contributed by atoms with E-state index in [0.717, 1.165) is 43.4 Å². The molecule has 5 aliphatic rings. The largest absolute Gasteiger partial charge is 0.349 e. The van der Waals surface area contributed by atoms with Crippen molar-refractivity contribution in [3.8, 4) is 0 Å². The zero-order chi connectivity index (χ0) is 18.6. The Morgan fingerprint density at radius 1 is 1.00 bits per heavy atom. The molecular weight excluding hydrogens is 360 g/mol. The highest BCUT2D eigenvalue weighted by Crippen LogP contribution is 2.55. The molecule has 1 aromatic rings. The van der Waals surface area contributed by atoms with Crippen LogP contribution in [0.5, 0.6) is 0 Å². The van der Waals surface area contributed by atoms with Crippen molar-refractivity contribution < 1.29 is 13.2 Å². The molecule has 1 aromatic carbocycles. The number of nitrogens with one attached hydrogen (secondary N) is 1. The third-order valence-corrected chi connectivity index (χ3v) is 9.21. The van der Waals surface area contributed by atoms with E-state index in [4.69, 9.17) is 0 Å². The lowest BCUT2D eigenvalue weighted by atomic mass is 9.53. The van der Waals surface area contributed by atoms with Crippen LogP contribution in [0.3, 0.4) is 0 Å². The summed E-state index contributed by atoms with van der Waals surface area (Å²) < 4.78 is 27.5. The lowest BCUT2D eigenvalue weighted by Crippen LogP contribution is -2.62. The van der Waals surface area contributed by atoms with Crippen LogP contribution in [-0.2, 0) is 14.8 Å². The summed E-state index contributed by atoms with van der Waals surface area (Å²) in [5.74, 6) is 2.19. The van der Waals surface area contributed by atoms with Crippen LogP contribution < -0.4 is 5.32 Å². The highest BCUT2D eigenvalue weighted by atomic mass is 32.2. The van der Waals surface area contributed by atoms with E-state index in [9.17, 15) is 13.2 Å². The first-order chi connectivity index (χ1) is 13.0. The van der Waals surface area contributed by atoms with Crippen LogP contribution in [0, 0.1) is 17.8 Å². The molecule has 1 aliphatic heterocycles. The fourth-order valence-corrected chi connectivity index (χ4v) is 8.30. The van der Waals surface area contributed by atoms with Gasteiger partial charge in [0.15, 0.2) is 0 Å². The van der Waals surface area contributed by atoms with Gasteiger partial charge in [0, 0.05) is 12.1 Å². The number of hydrogen-bond acceptors (Lipinski definition) is 3. The number of benzene rings is 1. The SMILES string of the molecule is O=C(NC12CC3CC(CC(C3)C1)C2)C1CCCN1S(=O)(=O)c1ccccc1. The predicted molar refractivity (Wildman–Crippen MR) is 102 cm³/mol. The molecule has 1 N–H and O–H groups in total. The van der Waals surface area contributed by atoms with Gasteiger partial charge in [0.05, 0.1) is 4.90 Å². The topological polar surface area (TPSA) is 66.5 Å². The van der Waals surface area contributed by atoms with Gasteiger partial charge in [0.25, 0.3) is 0 Å². The lowest BCUT2D eigenvalue weighted by molar-refractivity contribution is -0.130. The van der Waals surface area contributed by atoms with Crippen molar-refractivity contribution in [1.29, 1.82) is 0 Å². The minimum Gasteiger partial charge on any atom is -0.349 e. The van der Waals surface area contributed by atoms with Crippen molar-refractivity contribution in [3.05, 3.63) is 30.3 Å². The van der Waals surface area contributed by atoms with Crippen molar-refractivity contribution in [2.24, 2.45) is 17.8 Å². The first-order valence-corrected chi connectivity index (χ1v) is 11.8. The average molecular weight is 389 g/mol. The summed E-state index contributed by atoms with van der Waals surface area (Å²) in [5.41, 5.74) is -0.0728. The number of carbonyl (C=O) groups is 1. The Morgan fingerprint density at radius 2 is 1.59 bits per heavy atom. The Hall–Kier alpha value is -1.40. The second-order valence-corrected chi connectivity index (χ2v) is 11.2. The van der Waals surface area contributed by atoms with Gasteiger partial charge in [-0.2, -0.15) is 4.31 Å². The summed E-state index contributed by atoms with van der Waals surface area (Å²) in [7, 11) is -3.63. The molecule has 27 heavy (non-hydrogen) atoms. The molecule has 0 spiro atoms. The quantitative estimate of drug-likeness (QED) is 0.862. The van der Waals surface area contributed by atoms with Crippen LogP contribution in [0.25, 0.3) is 0 Å². The number of carbonyl (C=O) groups excluding carboxylic acids is 1. The Morgan fingerprint density at radius 3 is 2.19 bits per heavy atom. The summed E-state index contributed by atoms with van der Waals surface area (Å²) in [6.45, 7) is 0.427. The van der Waals surface area contributed by atoms with E-state index in [-0.39, 0.29) is 16.3 Å². The molecule has 5 fully saturated rings. The van der Waals surface area contributed by atoms with Crippen LogP contribution in [0.15, 0.2) is 35.2 Å². The van der Waals surface area contributed by atoms with Crippen molar-refractivity contribution in [1.82, 2.24) is 9.62 Å². The fourth-order valence-electron chi connectivity index (χ4n) is 6.63. The van der Waals surface area contributed by atoms with E-state index in [1.54, 1.807) is 30.3 Å². The van der Waals surface area contributed by atoms with Crippen molar-refractivity contribution in [2.75, 3.05) is 6.54 Å². The molecule has 4 bridgehead atoms. The third kappa shape index (κ3) is 3.01.